The van der Waals surface area contributed by atoms with E-state index in [0.29, 0.717) is 29.4 Å². The second-order valence-corrected chi connectivity index (χ2v) is 7.35. The molecule has 8 nitrogen and oxygen atoms in total. The summed E-state index contributed by atoms with van der Waals surface area (Å²) in [5.41, 5.74) is 2.96. The molecule has 1 aliphatic heterocycles. The van der Waals surface area contributed by atoms with E-state index in [1.807, 2.05) is 32.8 Å². The monoisotopic (exact) mass is 394 g/mol. The van der Waals surface area contributed by atoms with E-state index < -0.39 is 0 Å². The summed E-state index contributed by atoms with van der Waals surface area (Å²) in [7, 11) is 3.68. The molecule has 2 aromatic heterocycles. The molecule has 0 aliphatic carbocycles. The highest BCUT2D eigenvalue weighted by Crippen LogP contribution is 2.20. The van der Waals surface area contributed by atoms with Crippen LogP contribution in [-0.2, 0) is 25.4 Å². The van der Waals surface area contributed by atoms with Crippen LogP contribution in [0.25, 0.3) is 0 Å². The number of morpholine rings is 1. The molecule has 0 unspecified atom stereocenters. The lowest BCUT2D eigenvalue weighted by Gasteiger charge is -2.30. The Labute approximate surface area is 164 Å². The Kier molecular flexibility index (Phi) is 6.18. The number of hydrogen-bond donors (Lipinski definition) is 0. The van der Waals surface area contributed by atoms with Crippen molar-refractivity contribution in [3.05, 3.63) is 33.9 Å². The Morgan fingerprint density at radius 1 is 1.26 bits per heavy atom. The first kappa shape index (κ1) is 19.9. The van der Waals surface area contributed by atoms with Crippen molar-refractivity contribution in [3.8, 4) is 0 Å². The topological polar surface area (TPSA) is 68.4 Å². The number of ether oxygens (including phenoxy) is 1. The number of aryl methyl sites for hydroxylation is 3. The van der Waals surface area contributed by atoms with Crippen LogP contribution in [0, 0.1) is 13.8 Å². The molecule has 3 heterocycles. The molecule has 3 rings (SSSR count). The van der Waals surface area contributed by atoms with Gasteiger partial charge in [0.2, 0.25) is 0 Å². The molecule has 1 saturated heterocycles. The zero-order valence-corrected chi connectivity index (χ0v) is 17.2. The molecule has 1 aliphatic rings. The SMILES string of the molecule is Cc1nn(C)c(C)c1C(=O)N(CCN1CCOCC1)Cc1nn(C)cc1Cl. The van der Waals surface area contributed by atoms with E-state index in [9.17, 15) is 4.79 Å². The van der Waals surface area contributed by atoms with Crippen molar-refractivity contribution in [2.24, 2.45) is 14.1 Å². The molecule has 2 aromatic rings. The van der Waals surface area contributed by atoms with Crippen LogP contribution in [-0.4, -0.2) is 74.7 Å². The second-order valence-electron chi connectivity index (χ2n) is 6.95. The Hall–Kier alpha value is -1.90. The van der Waals surface area contributed by atoms with Crippen LogP contribution in [0.2, 0.25) is 5.02 Å². The van der Waals surface area contributed by atoms with Gasteiger partial charge in [0.05, 0.1) is 36.0 Å². The molecule has 1 fully saturated rings. The normalized spacial score (nSPS) is 15.3. The fourth-order valence-corrected chi connectivity index (χ4v) is 3.61. The highest BCUT2D eigenvalue weighted by Gasteiger charge is 2.25. The standard InChI is InChI=1S/C18H27ClN6O2/c1-13-17(14(2)23(4)20-13)18(26)25(6-5-24-7-9-27-10-8-24)12-16-15(19)11-22(3)21-16/h11H,5-10,12H2,1-4H3. The van der Waals surface area contributed by atoms with Crippen LogP contribution in [0.1, 0.15) is 27.4 Å². The van der Waals surface area contributed by atoms with Crippen molar-refractivity contribution >= 4 is 17.5 Å². The highest BCUT2D eigenvalue weighted by molar-refractivity contribution is 6.31. The van der Waals surface area contributed by atoms with Crippen LogP contribution in [0.4, 0.5) is 0 Å². The molecule has 0 atom stereocenters. The first-order valence-corrected chi connectivity index (χ1v) is 9.52. The van der Waals surface area contributed by atoms with Crippen LogP contribution in [0.5, 0.6) is 0 Å². The Balaban J connectivity index is 1.81. The van der Waals surface area contributed by atoms with Gasteiger partial charge in [-0.2, -0.15) is 10.2 Å². The number of amides is 1. The lowest BCUT2D eigenvalue weighted by Crippen LogP contribution is -2.43. The van der Waals surface area contributed by atoms with Gasteiger partial charge in [-0.25, -0.2) is 0 Å². The smallest absolute Gasteiger partial charge is 0.257 e. The number of hydrogen-bond acceptors (Lipinski definition) is 5. The highest BCUT2D eigenvalue weighted by atomic mass is 35.5. The van der Waals surface area contributed by atoms with Crippen molar-refractivity contribution in [3.63, 3.8) is 0 Å². The summed E-state index contributed by atoms with van der Waals surface area (Å²) in [4.78, 5) is 17.5. The van der Waals surface area contributed by atoms with Crippen molar-refractivity contribution in [2.75, 3.05) is 39.4 Å². The molecule has 0 saturated carbocycles. The molecular weight excluding hydrogens is 368 g/mol. The van der Waals surface area contributed by atoms with Gasteiger partial charge in [0.1, 0.15) is 5.69 Å². The van der Waals surface area contributed by atoms with Crippen LogP contribution in [0.3, 0.4) is 0 Å². The van der Waals surface area contributed by atoms with Crippen molar-refractivity contribution in [1.82, 2.24) is 29.4 Å². The third-order valence-corrected chi connectivity index (χ3v) is 5.31. The van der Waals surface area contributed by atoms with Gasteiger partial charge in [-0.1, -0.05) is 11.6 Å². The quantitative estimate of drug-likeness (QED) is 0.740. The molecule has 0 bridgehead atoms. The maximum Gasteiger partial charge on any atom is 0.257 e. The summed E-state index contributed by atoms with van der Waals surface area (Å²) in [6.45, 7) is 8.79. The molecule has 27 heavy (non-hydrogen) atoms. The Bertz CT molecular complexity index is 809. The third-order valence-electron chi connectivity index (χ3n) is 4.99. The fourth-order valence-electron chi connectivity index (χ4n) is 3.37. The number of carbonyl (C=O) groups excluding carboxylic acids is 1. The maximum absolute atomic E-state index is 13.3. The van der Waals surface area contributed by atoms with Crippen LogP contribution in [0.15, 0.2) is 6.20 Å². The molecule has 1 amide bonds. The number of halogens is 1. The molecule has 148 valence electrons. The number of carbonyl (C=O) groups is 1. The first-order valence-electron chi connectivity index (χ1n) is 9.14. The van der Waals surface area contributed by atoms with Gasteiger partial charge in [0.25, 0.3) is 5.91 Å². The van der Waals surface area contributed by atoms with Gasteiger partial charge in [-0.05, 0) is 13.8 Å². The van der Waals surface area contributed by atoms with Gasteiger partial charge in [0.15, 0.2) is 0 Å². The minimum absolute atomic E-state index is 0.0342. The summed E-state index contributed by atoms with van der Waals surface area (Å²) in [5, 5.41) is 9.37. The number of rotatable bonds is 6. The largest absolute Gasteiger partial charge is 0.379 e. The first-order chi connectivity index (χ1) is 12.9. The lowest BCUT2D eigenvalue weighted by molar-refractivity contribution is 0.0319. The summed E-state index contributed by atoms with van der Waals surface area (Å²) < 4.78 is 8.82. The van der Waals surface area contributed by atoms with E-state index in [-0.39, 0.29) is 5.91 Å². The Morgan fingerprint density at radius 3 is 2.52 bits per heavy atom. The number of nitrogens with zero attached hydrogens (tertiary/aromatic N) is 6. The van der Waals surface area contributed by atoms with E-state index in [0.717, 1.165) is 44.2 Å². The predicted molar refractivity (Wildman–Crippen MR) is 103 cm³/mol. The molecule has 0 N–H and O–H groups in total. The van der Waals surface area contributed by atoms with Gasteiger partial charge >= 0.3 is 0 Å². The molecule has 0 spiro atoms. The van der Waals surface area contributed by atoms with E-state index in [1.165, 1.54) is 0 Å². The van der Waals surface area contributed by atoms with Crippen molar-refractivity contribution < 1.29 is 9.53 Å². The predicted octanol–water partition coefficient (Wildman–Crippen LogP) is 1.40. The van der Waals surface area contributed by atoms with Gasteiger partial charge in [0, 0.05) is 52.2 Å². The Morgan fingerprint density at radius 2 is 1.96 bits per heavy atom. The zero-order chi connectivity index (χ0) is 19.6. The summed E-state index contributed by atoms with van der Waals surface area (Å²) in [6.07, 6.45) is 1.75. The molecular formula is C18H27ClN6O2. The molecule has 0 radical (unpaired) electrons. The summed E-state index contributed by atoms with van der Waals surface area (Å²) in [6, 6.07) is 0. The second kappa shape index (κ2) is 8.41. The van der Waals surface area contributed by atoms with E-state index in [2.05, 4.69) is 15.1 Å². The van der Waals surface area contributed by atoms with Crippen LogP contribution < -0.4 is 0 Å². The van der Waals surface area contributed by atoms with Crippen molar-refractivity contribution in [2.45, 2.75) is 20.4 Å². The average molecular weight is 395 g/mol. The molecule has 9 heteroatoms. The van der Waals surface area contributed by atoms with E-state index in [4.69, 9.17) is 16.3 Å². The van der Waals surface area contributed by atoms with E-state index >= 15 is 0 Å². The zero-order valence-electron chi connectivity index (χ0n) is 16.4. The number of aromatic nitrogens is 4. The van der Waals surface area contributed by atoms with Crippen LogP contribution >= 0.6 is 11.6 Å². The van der Waals surface area contributed by atoms with Gasteiger partial charge < -0.3 is 9.64 Å². The average Bonchev–Trinajstić information content (AvgIpc) is 3.08. The maximum atomic E-state index is 13.3. The van der Waals surface area contributed by atoms with Gasteiger partial charge in [-0.3, -0.25) is 19.1 Å². The van der Waals surface area contributed by atoms with Gasteiger partial charge in [-0.15, -0.1) is 0 Å². The molecule has 0 aromatic carbocycles. The summed E-state index contributed by atoms with van der Waals surface area (Å²) in [5.74, 6) is -0.0342. The van der Waals surface area contributed by atoms with E-state index in [1.54, 1.807) is 15.6 Å². The minimum atomic E-state index is -0.0342. The van der Waals surface area contributed by atoms with Crippen molar-refractivity contribution in [1.29, 1.82) is 0 Å². The lowest BCUT2D eigenvalue weighted by atomic mass is 10.1. The third kappa shape index (κ3) is 4.51. The summed E-state index contributed by atoms with van der Waals surface area (Å²) >= 11 is 6.29. The fraction of sp³-hybridized carbons (Fsp3) is 0.611. The minimum Gasteiger partial charge on any atom is -0.379 e.